The third-order valence-electron chi connectivity index (χ3n) is 3.40. The lowest BCUT2D eigenvalue weighted by Gasteiger charge is -2.22. The van der Waals surface area contributed by atoms with Gasteiger partial charge in [-0.05, 0) is 44.0 Å². The molecule has 2 rings (SSSR count). The minimum atomic E-state index is -0.173. The summed E-state index contributed by atoms with van der Waals surface area (Å²) in [6.45, 7) is 2.71. The van der Waals surface area contributed by atoms with Crippen molar-refractivity contribution in [3.05, 3.63) is 23.8 Å². The largest absolute Gasteiger partial charge is 0.508 e. The average molecular weight is 264 g/mol. The smallest absolute Gasteiger partial charge is 0.251 e. The number of phenols is 1. The lowest BCUT2D eigenvalue weighted by molar-refractivity contribution is 0.0943. The van der Waals surface area contributed by atoms with E-state index in [1.54, 1.807) is 6.07 Å². The van der Waals surface area contributed by atoms with Gasteiger partial charge in [-0.1, -0.05) is 0 Å². The number of carbonyl (C=O) groups is 1. The molecule has 5 nitrogen and oxygen atoms in total. The van der Waals surface area contributed by atoms with Gasteiger partial charge in [0.05, 0.1) is 7.11 Å². The molecule has 0 radical (unpaired) electrons. The Bertz CT molecular complexity index is 442. The van der Waals surface area contributed by atoms with Gasteiger partial charge < -0.3 is 20.5 Å². The second kappa shape index (κ2) is 6.43. The molecule has 104 valence electrons. The molecule has 0 spiro atoms. The van der Waals surface area contributed by atoms with E-state index >= 15 is 0 Å². The van der Waals surface area contributed by atoms with Crippen molar-refractivity contribution in [2.75, 3.05) is 26.7 Å². The molecule has 1 saturated heterocycles. The van der Waals surface area contributed by atoms with Gasteiger partial charge in [0.2, 0.25) is 0 Å². The van der Waals surface area contributed by atoms with Crippen LogP contribution in [0.4, 0.5) is 0 Å². The third-order valence-corrected chi connectivity index (χ3v) is 3.40. The quantitative estimate of drug-likeness (QED) is 0.762. The van der Waals surface area contributed by atoms with E-state index in [1.807, 2.05) is 0 Å². The van der Waals surface area contributed by atoms with E-state index in [-0.39, 0.29) is 11.7 Å². The summed E-state index contributed by atoms with van der Waals surface area (Å²) >= 11 is 0. The highest BCUT2D eigenvalue weighted by atomic mass is 16.5. The van der Waals surface area contributed by atoms with Gasteiger partial charge in [0.15, 0.2) is 0 Å². The number of rotatable bonds is 4. The standard InChI is InChI=1S/C14H20N2O3/c1-19-13-7-11(6-12(17)8-13)14(18)16-9-10-2-4-15-5-3-10/h6-8,10,15,17H,2-5,9H2,1H3,(H,16,18). The molecule has 0 atom stereocenters. The van der Waals surface area contributed by atoms with Crippen molar-refractivity contribution in [1.82, 2.24) is 10.6 Å². The molecule has 0 aliphatic carbocycles. The fourth-order valence-corrected chi connectivity index (χ4v) is 2.26. The normalized spacial score (nSPS) is 16.1. The average Bonchev–Trinajstić information content (AvgIpc) is 2.45. The lowest BCUT2D eigenvalue weighted by Crippen LogP contribution is -2.35. The SMILES string of the molecule is COc1cc(O)cc(C(=O)NCC2CCNCC2)c1. The molecular formula is C14H20N2O3. The van der Waals surface area contributed by atoms with Crippen LogP contribution in [-0.4, -0.2) is 37.8 Å². The van der Waals surface area contributed by atoms with Gasteiger partial charge in [0.25, 0.3) is 5.91 Å². The Morgan fingerprint density at radius 2 is 2.16 bits per heavy atom. The molecule has 0 aromatic heterocycles. The van der Waals surface area contributed by atoms with Gasteiger partial charge in [0, 0.05) is 18.2 Å². The second-order valence-corrected chi connectivity index (χ2v) is 4.82. The molecule has 1 aromatic rings. The first-order valence-corrected chi connectivity index (χ1v) is 6.56. The third kappa shape index (κ3) is 3.86. The van der Waals surface area contributed by atoms with Crippen LogP contribution >= 0.6 is 0 Å². The van der Waals surface area contributed by atoms with Crippen LogP contribution in [0.1, 0.15) is 23.2 Å². The summed E-state index contributed by atoms with van der Waals surface area (Å²) in [4.78, 5) is 12.0. The Balaban J connectivity index is 1.93. The first-order valence-electron chi connectivity index (χ1n) is 6.56. The molecule has 5 heteroatoms. The predicted molar refractivity (Wildman–Crippen MR) is 72.6 cm³/mol. The number of ether oxygens (including phenoxy) is 1. The number of phenolic OH excluding ortho intramolecular Hbond substituents is 1. The molecule has 1 aliphatic rings. The first-order chi connectivity index (χ1) is 9.19. The monoisotopic (exact) mass is 264 g/mol. The number of aromatic hydroxyl groups is 1. The molecule has 1 fully saturated rings. The van der Waals surface area contributed by atoms with Gasteiger partial charge in [0.1, 0.15) is 11.5 Å². The van der Waals surface area contributed by atoms with Crippen molar-refractivity contribution in [1.29, 1.82) is 0 Å². The fourth-order valence-electron chi connectivity index (χ4n) is 2.26. The van der Waals surface area contributed by atoms with E-state index in [0.29, 0.717) is 23.8 Å². The van der Waals surface area contributed by atoms with Gasteiger partial charge in [-0.2, -0.15) is 0 Å². The van der Waals surface area contributed by atoms with Crippen molar-refractivity contribution in [2.45, 2.75) is 12.8 Å². The number of amides is 1. The highest BCUT2D eigenvalue weighted by molar-refractivity contribution is 5.95. The molecule has 1 aliphatic heterocycles. The predicted octanol–water partition coefficient (Wildman–Crippen LogP) is 1.13. The van der Waals surface area contributed by atoms with Gasteiger partial charge in [-0.15, -0.1) is 0 Å². The van der Waals surface area contributed by atoms with Crippen LogP contribution in [0.2, 0.25) is 0 Å². The summed E-state index contributed by atoms with van der Waals surface area (Å²) in [5, 5.41) is 15.7. The molecule has 1 amide bonds. The summed E-state index contributed by atoms with van der Waals surface area (Å²) in [6.07, 6.45) is 2.17. The number of hydrogen-bond donors (Lipinski definition) is 3. The van der Waals surface area contributed by atoms with Crippen LogP contribution in [0.3, 0.4) is 0 Å². The van der Waals surface area contributed by atoms with Gasteiger partial charge in [-0.25, -0.2) is 0 Å². The van der Waals surface area contributed by atoms with Crippen molar-refractivity contribution in [3.63, 3.8) is 0 Å². The molecule has 1 aromatic carbocycles. The van der Waals surface area contributed by atoms with Crippen LogP contribution in [0.5, 0.6) is 11.5 Å². The minimum Gasteiger partial charge on any atom is -0.508 e. The Hall–Kier alpha value is -1.75. The Morgan fingerprint density at radius 1 is 1.42 bits per heavy atom. The van der Waals surface area contributed by atoms with Gasteiger partial charge in [-0.3, -0.25) is 4.79 Å². The number of nitrogens with one attached hydrogen (secondary N) is 2. The zero-order valence-electron chi connectivity index (χ0n) is 11.1. The second-order valence-electron chi connectivity index (χ2n) is 4.82. The van der Waals surface area contributed by atoms with Crippen LogP contribution < -0.4 is 15.4 Å². The Kier molecular flexibility index (Phi) is 4.63. The number of benzene rings is 1. The minimum absolute atomic E-state index is 0.0337. The number of piperidine rings is 1. The van der Waals surface area contributed by atoms with Crippen molar-refractivity contribution in [2.24, 2.45) is 5.92 Å². The number of hydrogen-bond acceptors (Lipinski definition) is 4. The van der Waals surface area contributed by atoms with Crippen molar-refractivity contribution >= 4 is 5.91 Å². The number of methoxy groups -OCH3 is 1. The number of carbonyl (C=O) groups excluding carboxylic acids is 1. The molecule has 0 bridgehead atoms. The van der Waals surface area contributed by atoms with E-state index < -0.39 is 0 Å². The van der Waals surface area contributed by atoms with Crippen LogP contribution in [0, 0.1) is 5.92 Å². The molecule has 0 saturated carbocycles. The lowest BCUT2D eigenvalue weighted by atomic mass is 9.98. The van der Waals surface area contributed by atoms with Gasteiger partial charge >= 0.3 is 0 Å². The van der Waals surface area contributed by atoms with Crippen LogP contribution in [-0.2, 0) is 0 Å². The summed E-state index contributed by atoms with van der Waals surface area (Å²) in [6, 6.07) is 4.54. The first kappa shape index (κ1) is 13.7. The molecule has 1 heterocycles. The highest BCUT2D eigenvalue weighted by Crippen LogP contribution is 2.21. The van der Waals surface area contributed by atoms with Crippen LogP contribution in [0.25, 0.3) is 0 Å². The molecule has 0 unspecified atom stereocenters. The Morgan fingerprint density at radius 3 is 2.84 bits per heavy atom. The summed E-state index contributed by atoms with van der Waals surface area (Å²) in [7, 11) is 1.51. The fraction of sp³-hybridized carbons (Fsp3) is 0.500. The van der Waals surface area contributed by atoms with Crippen molar-refractivity contribution in [3.8, 4) is 11.5 Å². The summed E-state index contributed by atoms with van der Waals surface area (Å²) in [5.74, 6) is 0.871. The van der Waals surface area contributed by atoms with Crippen molar-refractivity contribution < 1.29 is 14.6 Å². The Labute approximate surface area is 113 Å². The van der Waals surface area contributed by atoms with E-state index in [4.69, 9.17) is 4.74 Å². The molecular weight excluding hydrogens is 244 g/mol. The van der Waals surface area contributed by atoms with E-state index in [1.165, 1.54) is 19.2 Å². The maximum atomic E-state index is 12.0. The summed E-state index contributed by atoms with van der Waals surface area (Å²) < 4.78 is 5.03. The maximum Gasteiger partial charge on any atom is 0.251 e. The zero-order chi connectivity index (χ0) is 13.7. The highest BCUT2D eigenvalue weighted by Gasteiger charge is 2.15. The zero-order valence-corrected chi connectivity index (χ0v) is 11.1. The maximum absolute atomic E-state index is 12.0. The molecule has 3 N–H and O–H groups in total. The van der Waals surface area contributed by atoms with E-state index in [2.05, 4.69) is 10.6 Å². The topological polar surface area (TPSA) is 70.6 Å². The molecule has 19 heavy (non-hydrogen) atoms. The van der Waals surface area contributed by atoms with E-state index in [9.17, 15) is 9.90 Å². The summed E-state index contributed by atoms with van der Waals surface area (Å²) in [5.41, 5.74) is 0.422. The van der Waals surface area contributed by atoms with E-state index in [0.717, 1.165) is 25.9 Å². The van der Waals surface area contributed by atoms with Crippen LogP contribution in [0.15, 0.2) is 18.2 Å².